The van der Waals surface area contributed by atoms with Crippen molar-refractivity contribution in [1.82, 2.24) is 54.8 Å². The van der Waals surface area contributed by atoms with Crippen molar-refractivity contribution in [1.29, 1.82) is 0 Å². The zero-order valence-electron chi connectivity index (χ0n) is 44.8. The molecular weight excluding hydrogens is 1010 g/mol. The number of halogens is 2. The Morgan fingerprint density at radius 3 is 1.50 bits per heavy atom. The number of alkyl carbamates (subject to hydrolysis) is 1. The van der Waals surface area contributed by atoms with Crippen LogP contribution in [0.3, 0.4) is 0 Å². The molecule has 76 heavy (non-hydrogen) atoms. The van der Waals surface area contributed by atoms with E-state index in [0.29, 0.717) is 51.6 Å². The Hall–Kier alpha value is -7.85. The number of nitrogens with zero attached hydrogens (tertiary/aromatic N) is 10. The number of ether oxygens (including phenoxy) is 1. The number of Topliss-reactive ketones (excluding diaryl/α,β-unsaturated/α-hetero) is 1. The minimum Gasteiger partial charge on any atom is -0.477 e. The number of hydrogen-bond acceptors (Lipinski definition) is 16. The molecule has 8 rings (SSSR count). The minimum absolute atomic E-state index is 0.0572. The van der Waals surface area contributed by atoms with Crippen molar-refractivity contribution in [3.05, 3.63) is 140 Å². The maximum Gasteiger partial charge on any atom is 0.407 e. The molecule has 0 atom stereocenters. The molecule has 0 aliphatic heterocycles. The molecule has 0 saturated carbocycles. The van der Waals surface area contributed by atoms with E-state index in [9.17, 15) is 23.2 Å². The lowest BCUT2D eigenvalue weighted by Gasteiger charge is -2.20. The van der Waals surface area contributed by atoms with Crippen molar-refractivity contribution in [2.24, 2.45) is 14.1 Å². The quantitative estimate of drug-likeness (QED) is 0.0787. The Morgan fingerprint density at radius 2 is 1.11 bits per heavy atom. The SMILES string of the molecule is CC(C)(C)c1ncc(C(=O)O)s1.Cc1cc(-c2nc(Nc3cnn(C)c3)ncc2F)ccc1CCC(=O)c1cnc(C(C)(C)C)s1.Cc1cc(-c2nc(Nc3cnn(C)c3)ncc2F)ccc1CNC(=O)OC(C)(C)C. The highest BCUT2D eigenvalue weighted by molar-refractivity contribution is 7.14. The summed E-state index contributed by atoms with van der Waals surface area (Å²) in [5.74, 6) is -1.28. The molecule has 0 saturated heterocycles. The number of ketones is 1. The smallest absolute Gasteiger partial charge is 0.407 e. The molecule has 0 aliphatic carbocycles. The molecule has 0 aliphatic rings. The highest BCUT2D eigenvalue weighted by Crippen LogP contribution is 2.30. The molecule has 1 amide bonds. The van der Waals surface area contributed by atoms with E-state index in [4.69, 9.17) is 9.84 Å². The number of aromatic carboxylic acids is 1. The van der Waals surface area contributed by atoms with Gasteiger partial charge in [-0.05, 0) is 75.4 Å². The van der Waals surface area contributed by atoms with Crippen molar-refractivity contribution in [3.8, 4) is 22.5 Å². The van der Waals surface area contributed by atoms with Crippen molar-refractivity contribution < 1.29 is 33.0 Å². The highest BCUT2D eigenvalue weighted by atomic mass is 32.1. The molecule has 4 N–H and O–H groups in total. The van der Waals surface area contributed by atoms with Gasteiger partial charge in [0, 0.05) is 67.6 Å². The van der Waals surface area contributed by atoms with Crippen molar-refractivity contribution in [2.75, 3.05) is 10.6 Å². The number of carboxylic acid groups (broad SMARTS) is 1. The van der Waals surface area contributed by atoms with Crippen LogP contribution in [0.1, 0.15) is 120 Å². The van der Waals surface area contributed by atoms with Crippen LogP contribution in [0.15, 0.2) is 86.0 Å². The van der Waals surface area contributed by atoms with Crippen molar-refractivity contribution in [3.63, 3.8) is 0 Å². The number of amides is 1. The normalized spacial score (nSPS) is 11.5. The number of anilines is 4. The van der Waals surface area contributed by atoms with Crippen molar-refractivity contribution >= 4 is 63.8 Å². The van der Waals surface area contributed by atoms with Crippen LogP contribution >= 0.6 is 22.7 Å². The minimum atomic E-state index is -0.900. The summed E-state index contributed by atoms with van der Waals surface area (Å²) in [6.07, 6.45) is 12.7. The lowest BCUT2D eigenvalue weighted by molar-refractivity contribution is 0.0522. The van der Waals surface area contributed by atoms with E-state index in [0.717, 1.165) is 44.7 Å². The van der Waals surface area contributed by atoms with Gasteiger partial charge >= 0.3 is 12.1 Å². The first kappa shape index (κ1) is 57.4. The lowest BCUT2D eigenvalue weighted by atomic mass is 9.98. The molecule has 22 heteroatoms. The summed E-state index contributed by atoms with van der Waals surface area (Å²) in [6, 6.07) is 11.1. The first-order chi connectivity index (χ1) is 35.6. The fourth-order valence-corrected chi connectivity index (χ4v) is 8.73. The van der Waals surface area contributed by atoms with Crippen LogP contribution in [-0.2, 0) is 42.6 Å². The standard InChI is InChI=1S/C25H27FN6OS.C21H25FN6O2.C8H11NO2S/c1-15-10-17(22-19(26)12-28-24(31-22)30-18-11-29-32(5)14-18)7-6-16(15)8-9-20(33)21-13-27-23(34-21)25(2,3)4;1-13-8-14(6-7-15(13)9-24-20(29)30-21(2,3)4)18-17(22)11-23-19(27-18)26-16-10-25-28(5)12-16;1-8(2,3)7-9-4-5(12-7)6(10)11/h6-7,10-14H,8-9H2,1-5H3,(H,28,30,31);6-8,10-12H,9H2,1-5H3,(H,24,29)(H,23,26,27);4H,1-3H3,(H,10,11). The Morgan fingerprint density at radius 1 is 0.645 bits per heavy atom. The third-order valence-corrected chi connectivity index (χ3v) is 13.7. The molecule has 0 unspecified atom stereocenters. The van der Waals surface area contributed by atoms with Crippen LogP contribution in [0.5, 0.6) is 0 Å². The van der Waals surface area contributed by atoms with Gasteiger partial charge in [0.25, 0.3) is 0 Å². The Labute approximate surface area is 448 Å². The van der Waals surface area contributed by atoms with Crippen LogP contribution < -0.4 is 16.0 Å². The number of thiazole rings is 2. The fraction of sp³-hybridized carbons (Fsp3) is 0.352. The second-order valence-corrected chi connectivity index (χ2v) is 22.8. The average molecular weight is 1080 g/mol. The van der Waals surface area contributed by atoms with Gasteiger partial charge in [-0.1, -0.05) is 65.8 Å². The van der Waals surface area contributed by atoms with E-state index in [1.54, 1.807) is 81.3 Å². The summed E-state index contributed by atoms with van der Waals surface area (Å²) < 4.78 is 37.5. The average Bonchev–Trinajstić information content (AvgIpc) is 4.18. The third kappa shape index (κ3) is 16.3. The number of hydrogen-bond donors (Lipinski definition) is 4. The molecule has 2 aromatic carbocycles. The molecule has 8 aromatic rings. The fourth-order valence-electron chi connectivity index (χ4n) is 6.98. The number of carbonyl (C=O) groups excluding carboxylic acids is 2. The van der Waals surface area contributed by atoms with Gasteiger partial charge in [-0.15, -0.1) is 22.7 Å². The first-order valence-electron chi connectivity index (χ1n) is 24.0. The van der Waals surface area contributed by atoms with Gasteiger partial charge in [0.1, 0.15) is 21.9 Å². The van der Waals surface area contributed by atoms with Crippen LogP contribution in [0, 0.1) is 25.5 Å². The van der Waals surface area contributed by atoms with E-state index in [2.05, 4.69) is 76.8 Å². The van der Waals surface area contributed by atoms with Crippen molar-refractivity contribution in [2.45, 2.75) is 112 Å². The summed E-state index contributed by atoms with van der Waals surface area (Å²) in [7, 11) is 3.60. The lowest BCUT2D eigenvalue weighted by Crippen LogP contribution is -2.32. The van der Waals surface area contributed by atoms with E-state index >= 15 is 0 Å². The van der Waals surface area contributed by atoms with Gasteiger partial charge in [0.2, 0.25) is 11.9 Å². The molecule has 0 spiro atoms. The molecule has 6 aromatic heterocycles. The molecule has 400 valence electrons. The molecule has 18 nitrogen and oxygen atoms in total. The Kier molecular flexibility index (Phi) is 18.3. The predicted octanol–water partition coefficient (Wildman–Crippen LogP) is 11.9. The third-order valence-electron chi connectivity index (χ3n) is 10.9. The highest BCUT2D eigenvalue weighted by Gasteiger charge is 2.22. The van der Waals surface area contributed by atoms with E-state index < -0.39 is 29.3 Å². The van der Waals surface area contributed by atoms with Crippen LogP contribution in [0.2, 0.25) is 0 Å². The van der Waals surface area contributed by atoms with Crippen LogP contribution in [0.4, 0.5) is 36.8 Å². The summed E-state index contributed by atoms with van der Waals surface area (Å²) >= 11 is 2.70. The zero-order chi connectivity index (χ0) is 55.7. The number of carbonyl (C=O) groups is 3. The second kappa shape index (κ2) is 24.2. The topological polar surface area (TPSA) is 230 Å². The monoisotopic (exact) mass is 1080 g/mol. The number of benzene rings is 2. The number of aromatic nitrogens is 10. The summed E-state index contributed by atoms with van der Waals surface area (Å²) in [5.41, 5.74) is 6.20. The van der Waals surface area contributed by atoms with Crippen LogP contribution in [-0.4, -0.2) is 78.0 Å². The van der Waals surface area contributed by atoms with Gasteiger partial charge < -0.3 is 25.8 Å². The summed E-state index contributed by atoms with van der Waals surface area (Å²) in [5, 5.41) is 27.4. The maximum atomic E-state index is 14.5. The van der Waals surface area contributed by atoms with Gasteiger partial charge in [0.05, 0.1) is 57.3 Å². The molecule has 6 heterocycles. The Balaban J connectivity index is 0.000000204. The number of carboxylic acids is 1. The summed E-state index contributed by atoms with van der Waals surface area (Å²) in [6.45, 7) is 21.9. The molecule has 0 radical (unpaired) electrons. The molecule has 0 fully saturated rings. The Bertz CT molecular complexity index is 3330. The van der Waals surface area contributed by atoms with Gasteiger partial charge in [-0.25, -0.2) is 48.3 Å². The van der Waals surface area contributed by atoms with Gasteiger partial charge in [0.15, 0.2) is 17.4 Å². The molecule has 0 bridgehead atoms. The largest absolute Gasteiger partial charge is 0.477 e. The van der Waals surface area contributed by atoms with Crippen LogP contribution in [0.25, 0.3) is 22.5 Å². The number of rotatable bonds is 13. The zero-order valence-corrected chi connectivity index (χ0v) is 46.5. The van der Waals surface area contributed by atoms with E-state index in [1.807, 2.05) is 65.0 Å². The predicted molar refractivity (Wildman–Crippen MR) is 292 cm³/mol. The summed E-state index contributed by atoms with van der Waals surface area (Å²) in [4.78, 5) is 61.2. The van der Waals surface area contributed by atoms with E-state index in [-0.39, 0.29) is 39.9 Å². The number of nitrogens with one attached hydrogen (secondary N) is 3. The second-order valence-electron chi connectivity index (χ2n) is 20.8. The van der Waals surface area contributed by atoms with E-state index in [1.165, 1.54) is 28.9 Å². The van der Waals surface area contributed by atoms with Gasteiger partial charge in [-0.2, -0.15) is 10.2 Å². The molecular formula is C54H63F2N13O5S2. The number of aryl methyl sites for hydroxylation is 5. The van der Waals surface area contributed by atoms with Gasteiger partial charge in [-0.3, -0.25) is 14.2 Å². The maximum absolute atomic E-state index is 14.5. The first-order valence-corrected chi connectivity index (χ1v) is 25.7.